The fraction of sp³-hybridized carbons (Fsp3) is 0.364. The van der Waals surface area contributed by atoms with Crippen molar-refractivity contribution in [3.8, 4) is 16.3 Å². The van der Waals surface area contributed by atoms with E-state index in [-0.39, 0.29) is 17.2 Å². The number of carbonyl (C=O) groups is 1. The number of thiazole rings is 1. The maximum Gasteiger partial charge on any atom is 0.332 e. The molecule has 9 heteroatoms. The van der Waals surface area contributed by atoms with E-state index in [9.17, 15) is 14.4 Å². The third-order valence-corrected chi connectivity index (χ3v) is 6.02. The third-order valence-electron chi connectivity index (χ3n) is 4.91. The van der Waals surface area contributed by atoms with Crippen LogP contribution < -0.4 is 21.7 Å². The molecule has 0 aliphatic carbocycles. The minimum Gasteiger partial charge on any atom is -0.494 e. The largest absolute Gasteiger partial charge is 0.494 e. The van der Waals surface area contributed by atoms with Gasteiger partial charge >= 0.3 is 5.69 Å². The van der Waals surface area contributed by atoms with Gasteiger partial charge in [0.25, 0.3) is 5.56 Å². The molecule has 0 bridgehead atoms. The Morgan fingerprint density at radius 2 is 1.84 bits per heavy atom. The molecule has 0 radical (unpaired) electrons. The van der Waals surface area contributed by atoms with Crippen molar-refractivity contribution in [1.82, 2.24) is 14.1 Å². The molecule has 8 nitrogen and oxygen atoms in total. The molecule has 0 saturated carbocycles. The summed E-state index contributed by atoms with van der Waals surface area (Å²) in [6.07, 6.45) is 1.20. The second-order valence-electron chi connectivity index (χ2n) is 6.99. The molecule has 1 aromatic carbocycles. The summed E-state index contributed by atoms with van der Waals surface area (Å²) >= 11 is 1.12. The van der Waals surface area contributed by atoms with E-state index < -0.39 is 11.2 Å². The van der Waals surface area contributed by atoms with Crippen molar-refractivity contribution in [2.24, 2.45) is 7.05 Å². The van der Waals surface area contributed by atoms with Gasteiger partial charge in [0.2, 0.25) is 5.78 Å². The normalized spacial score (nSPS) is 11.0. The highest BCUT2D eigenvalue weighted by Gasteiger charge is 2.24. The van der Waals surface area contributed by atoms with E-state index in [0.717, 1.165) is 15.9 Å². The molecule has 3 rings (SSSR count). The van der Waals surface area contributed by atoms with Gasteiger partial charge in [-0.1, -0.05) is 13.8 Å². The maximum absolute atomic E-state index is 13.2. The van der Waals surface area contributed by atoms with Crippen LogP contribution in [0.2, 0.25) is 0 Å². The first-order valence-electron chi connectivity index (χ1n) is 10.2. The lowest BCUT2D eigenvalue weighted by molar-refractivity contribution is 0.104. The number of hydrogen-bond acceptors (Lipinski definition) is 7. The lowest BCUT2D eigenvalue weighted by atomic mass is 10.1. The van der Waals surface area contributed by atoms with Gasteiger partial charge in [-0.25, -0.2) is 9.78 Å². The van der Waals surface area contributed by atoms with Crippen LogP contribution in [0.25, 0.3) is 10.6 Å². The highest BCUT2D eigenvalue weighted by atomic mass is 32.1. The molecule has 0 spiro atoms. The Morgan fingerprint density at radius 3 is 2.42 bits per heavy atom. The summed E-state index contributed by atoms with van der Waals surface area (Å²) in [4.78, 5) is 43.5. The number of hydrogen-bond donors (Lipinski definition) is 1. The van der Waals surface area contributed by atoms with Crippen molar-refractivity contribution < 1.29 is 9.53 Å². The predicted molar refractivity (Wildman–Crippen MR) is 122 cm³/mol. The molecule has 0 atom stereocenters. The van der Waals surface area contributed by atoms with E-state index in [1.54, 1.807) is 24.3 Å². The Hall–Kier alpha value is -3.20. The molecule has 2 N–H and O–H groups in total. The summed E-state index contributed by atoms with van der Waals surface area (Å²) in [5.74, 6) is 0.585. The summed E-state index contributed by atoms with van der Waals surface area (Å²) in [7, 11) is 1.42. The molecule has 0 aliphatic rings. The third kappa shape index (κ3) is 4.18. The Labute approximate surface area is 183 Å². The topological polar surface area (TPSA) is 109 Å². The first-order chi connectivity index (χ1) is 14.8. The number of aryl methyl sites for hydroxylation is 1. The van der Waals surface area contributed by atoms with Crippen LogP contribution in [0.1, 0.15) is 48.1 Å². The van der Waals surface area contributed by atoms with Gasteiger partial charge in [-0.3, -0.25) is 18.7 Å². The monoisotopic (exact) mass is 442 g/mol. The second kappa shape index (κ2) is 9.30. The average molecular weight is 443 g/mol. The highest BCUT2D eigenvalue weighted by Crippen LogP contribution is 2.31. The quantitative estimate of drug-likeness (QED) is 0.537. The summed E-state index contributed by atoms with van der Waals surface area (Å²) in [5, 5.41) is 0.342. The molecule has 2 heterocycles. The summed E-state index contributed by atoms with van der Waals surface area (Å²) in [6, 6.07) is 6.92. The van der Waals surface area contributed by atoms with Crippen molar-refractivity contribution in [2.45, 2.75) is 40.2 Å². The summed E-state index contributed by atoms with van der Waals surface area (Å²) < 4.78 is 7.83. The average Bonchev–Trinajstić information content (AvgIpc) is 3.19. The summed E-state index contributed by atoms with van der Waals surface area (Å²) in [6.45, 7) is 6.64. The lowest BCUT2D eigenvalue weighted by Crippen LogP contribution is -2.40. The standard InChI is InChI=1S/C22H26N4O4S/c1-5-12-26-19(23)16(21(28)25(4)22(26)29)20-24-15(6-2)18(31-20)17(27)13-8-10-14(11-9-13)30-7-3/h8-11H,5-7,12,23H2,1-4H3. The molecular formula is C22H26N4O4S. The highest BCUT2D eigenvalue weighted by molar-refractivity contribution is 7.17. The Kier molecular flexibility index (Phi) is 6.74. The number of carbonyl (C=O) groups excluding carboxylic acids is 1. The zero-order chi connectivity index (χ0) is 22.7. The molecule has 2 aromatic heterocycles. The van der Waals surface area contributed by atoms with Crippen molar-refractivity contribution in [1.29, 1.82) is 0 Å². The smallest absolute Gasteiger partial charge is 0.332 e. The molecule has 31 heavy (non-hydrogen) atoms. The molecule has 0 saturated heterocycles. The van der Waals surface area contributed by atoms with E-state index in [1.165, 1.54) is 11.6 Å². The number of anilines is 1. The zero-order valence-corrected chi connectivity index (χ0v) is 18.9. The molecule has 164 valence electrons. The van der Waals surface area contributed by atoms with Gasteiger partial charge in [-0.2, -0.15) is 0 Å². The first-order valence-corrected chi connectivity index (χ1v) is 11.0. The Bertz CT molecular complexity index is 1220. The number of ketones is 1. The molecule has 3 aromatic rings. The SMILES string of the molecule is CCCn1c(N)c(-c2nc(CC)c(C(=O)c3ccc(OCC)cc3)s2)c(=O)n(C)c1=O. The molecule has 0 fully saturated rings. The van der Waals surface area contributed by atoms with Crippen LogP contribution in [0.4, 0.5) is 5.82 Å². The number of nitrogens with zero attached hydrogens (tertiary/aromatic N) is 3. The maximum atomic E-state index is 13.2. The molecular weight excluding hydrogens is 416 g/mol. The second-order valence-corrected chi connectivity index (χ2v) is 7.99. The summed E-state index contributed by atoms with van der Waals surface area (Å²) in [5.41, 5.74) is 6.48. The van der Waals surface area contributed by atoms with Gasteiger partial charge in [0.15, 0.2) is 0 Å². The van der Waals surface area contributed by atoms with Crippen LogP contribution in [-0.2, 0) is 20.0 Å². The van der Waals surface area contributed by atoms with Crippen LogP contribution in [0.15, 0.2) is 33.9 Å². The van der Waals surface area contributed by atoms with Crippen LogP contribution in [0.3, 0.4) is 0 Å². The predicted octanol–water partition coefficient (Wildman–Crippen LogP) is 2.85. The number of aromatic nitrogens is 3. The Morgan fingerprint density at radius 1 is 1.16 bits per heavy atom. The van der Waals surface area contributed by atoms with Gasteiger partial charge in [0.1, 0.15) is 22.1 Å². The minimum atomic E-state index is -0.522. The van der Waals surface area contributed by atoms with E-state index in [1.807, 2.05) is 20.8 Å². The van der Waals surface area contributed by atoms with Crippen LogP contribution in [0.5, 0.6) is 5.75 Å². The van der Waals surface area contributed by atoms with Crippen molar-refractivity contribution in [2.75, 3.05) is 12.3 Å². The van der Waals surface area contributed by atoms with Gasteiger partial charge < -0.3 is 10.5 Å². The van der Waals surface area contributed by atoms with Crippen molar-refractivity contribution in [3.05, 3.63) is 61.2 Å². The number of rotatable bonds is 8. The Balaban J connectivity index is 2.12. The van der Waals surface area contributed by atoms with E-state index in [2.05, 4.69) is 4.98 Å². The van der Waals surface area contributed by atoms with Crippen LogP contribution >= 0.6 is 11.3 Å². The van der Waals surface area contributed by atoms with E-state index in [0.29, 0.717) is 52.9 Å². The number of benzene rings is 1. The molecule has 0 unspecified atom stereocenters. The number of nitrogens with two attached hydrogens (primary N) is 1. The van der Waals surface area contributed by atoms with Crippen LogP contribution in [-0.4, -0.2) is 26.5 Å². The molecule has 0 aliphatic heterocycles. The number of nitrogen functional groups attached to an aromatic ring is 1. The molecule has 0 amide bonds. The van der Waals surface area contributed by atoms with Gasteiger partial charge in [-0.15, -0.1) is 11.3 Å². The fourth-order valence-electron chi connectivity index (χ4n) is 3.30. The van der Waals surface area contributed by atoms with Gasteiger partial charge in [0, 0.05) is 19.2 Å². The zero-order valence-electron chi connectivity index (χ0n) is 18.1. The first kappa shape index (κ1) is 22.5. The number of ether oxygens (including phenoxy) is 1. The van der Waals surface area contributed by atoms with E-state index >= 15 is 0 Å². The van der Waals surface area contributed by atoms with Crippen molar-refractivity contribution >= 4 is 22.9 Å². The van der Waals surface area contributed by atoms with Crippen molar-refractivity contribution in [3.63, 3.8) is 0 Å². The lowest BCUT2D eigenvalue weighted by Gasteiger charge is -2.13. The fourth-order valence-corrected chi connectivity index (χ4v) is 4.46. The van der Waals surface area contributed by atoms with Crippen LogP contribution in [0, 0.1) is 0 Å². The van der Waals surface area contributed by atoms with Gasteiger partial charge in [0.05, 0.1) is 17.2 Å². The van der Waals surface area contributed by atoms with Gasteiger partial charge in [-0.05, 0) is 44.0 Å². The van der Waals surface area contributed by atoms with E-state index in [4.69, 9.17) is 10.5 Å². The minimum absolute atomic E-state index is 0.0754.